The van der Waals surface area contributed by atoms with Crippen LogP contribution in [0.2, 0.25) is 0 Å². The van der Waals surface area contributed by atoms with Gasteiger partial charge in [-0.15, -0.1) is 11.3 Å². The first-order valence-electron chi connectivity index (χ1n) is 5.70. The molecule has 0 saturated heterocycles. The zero-order valence-corrected chi connectivity index (χ0v) is 11.3. The zero-order chi connectivity index (χ0) is 14.7. The molecule has 20 heavy (non-hydrogen) atoms. The maximum atomic E-state index is 12.9. The van der Waals surface area contributed by atoms with Gasteiger partial charge in [0.25, 0.3) is 5.91 Å². The van der Waals surface area contributed by atoms with Gasteiger partial charge in [-0.25, -0.2) is 9.37 Å². The van der Waals surface area contributed by atoms with E-state index in [0.717, 1.165) is 11.3 Å². The summed E-state index contributed by atoms with van der Waals surface area (Å²) >= 11 is 1.14. The van der Waals surface area contributed by atoms with E-state index in [1.807, 2.05) is 0 Å². The molecule has 0 unspecified atom stereocenters. The largest absolute Gasteiger partial charge is 0.480 e. The number of hydrogen-bond acceptors (Lipinski definition) is 4. The van der Waals surface area contributed by atoms with Crippen molar-refractivity contribution in [3.63, 3.8) is 0 Å². The molecule has 104 valence electrons. The fourth-order valence-electron chi connectivity index (χ4n) is 1.56. The number of aryl methyl sites for hydroxylation is 1. The number of aromatic nitrogens is 1. The summed E-state index contributed by atoms with van der Waals surface area (Å²) in [6, 6.07) is 5.78. The van der Waals surface area contributed by atoms with E-state index in [2.05, 4.69) is 10.3 Å². The first kappa shape index (κ1) is 14.1. The molecule has 1 heterocycles. The van der Waals surface area contributed by atoms with Crippen LogP contribution in [0.1, 0.15) is 15.4 Å². The number of carbonyl (C=O) groups excluding carboxylic acids is 1. The van der Waals surface area contributed by atoms with E-state index in [1.165, 1.54) is 12.1 Å². The fraction of sp³-hybridized carbons (Fsp3) is 0.154. The van der Waals surface area contributed by atoms with E-state index in [4.69, 9.17) is 5.11 Å². The number of benzene rings is 1. The summed E-state index contributed by atoms with van der Waals surface area (Å²) in [5.41, 5.74) is 1.22. The molecule has 0 radical (unpaired) electrons. The predicted octanol–water partition coefficient (Wildman–Crippen LogP) is 2.07. The summed E-state index contributed by atoms with van der Waals surface area (Å²) in [5, 5.41) is 11.4. The third-order valence-corrected chi connectivity index (χ3v) is 3.70. The Bertz CT molecular complexity index is 652. The number of nitrogens with zero attached hydrogens (tertiary/aromatic N) is 1. The average Bonchev–Trinajstić information content (AvgIpc) is 2.79. The maximum Gasteiger partial charge on any atom is 0.322 e. The van der Waals surface area contributed by atoms with Crippen molar-refractivity contribution >= 4 is 23.2 Å². The molecule has 0 fully saturated rings. The Balaban J connectivity index is 2.23. The van der Waals surface area contributed by atoms with Crippen molar-refractivity contribution in [2.75, 3.05) is 6.54 Å². The van der Waals surface area contributed by atoms with Crippen molar-refractivity contribution in [3.8, 4) is 10.6 Å². The lowest BCUT2D eigenvalue weighted by Gasteiger charge is -1.99. The van der Waals surface area contributed by atoms with Crippen LogP contribution in [0.15, 0.2) is 24.3 Å². The molecule has 0 saturated carbocycles. The van der Waals surface area contributed by atoms with E-state index in [0.29, 0.717) is 21.1 Å². The SMILES string of the molecule is Cc1nc(-c2ccc(F)cc2)sc1C(=O)NCC(=O)O. The molecule has 5 nitrogen and oxygen atoms in total. The first-order valence-corrected chi connectivity index (χ1v) is 6.52. The van der Waals surface area contributed by atoms with Gasteiger partial charge in [0.2, 0.25) is 0 Å². The Morgan fingerprint density at radius 3 is 2.60 bits per heavy atom. The van der Waals surface area contributed by atoms with Gasteiger partial charge in [-0.3, -0.25) is 9.59 Å². The van der Waals surface area contributed by atoms with Gasteiger partial charge in [0.1, 0.15) is 22.2 Å². The highest BCUT2D eigenvalue weighted by molar-refractivity contribution is 7.17. The molecular formula is C13H11FN2O3S. The minimum atomic E-state index is -1.11. The van der Waals surface area contributed by atoms with Crippen LogP contribution in [-0.2, 0) is 4.79 Å². The molecule has 0 spiro atoms. The molecule has 1 aromatic carbocycles. The van der Waals surface area contributed by atoms with Crippen LogP contribution in [0.4, 0.5) is 4.39 Å². The van der Waals surface area contributed by atoms with E-state index in [-0.39, 0.29) is 5.82 Å². The van der Waals surface area contributed by atoms with Crippen LogP contribution in [0.25, 0.3) is 10.6 Å². The van der Waals surface area contributed by atoms with Crippen LogP contribution in [0.3, 0.4) is 0 Å². The van der Waals surface area contributed by atoms with Gasteiger partial charge in [0.15, 0.2) is 0 Å². The Morgan fingerprint density at radius 1 is 1.35 bits per heavy atom. The highest BCUT2D eigenvalue weighted by atomic mass is 32.1. The van der Waals surface area contributed by atoms with Crippen molar-refractivity contribution < 1.29 is 19.1 Å². The lowest BCUT2D eigenvalue weighted by molar-refractivity contribution is -0.135. The second kappa shape index (κ2) is 5.79. The lowest BCUT2D eigenvalue weighted by atomic mass is 10.2. The van der Waals surface area contributed by atoms with E-state index < -0.39 is 18.4 Å². The second-order valence-electron chi connectivity index (χ2n) is 4.02. The molecule has 0 atom stereocenters. The molecule has 2 rings (SSSR count). The van der Waals surface area contributed by atoms with E-state index >= 15 is 0 Å². The monoisotopic (exact) mass is 294 g/mol. The molecule has 0 aliphatic rings. The van der Waals surface area contributed by atoms with Crippen molar-refractivity contribution in [3.05, 3.63) is 40.7 Å². The van der Waals surface area contributed by atoms with Gasteiger partial charge in [-0.05, 0) is 31.2 Å². The third-order valence-electron chi connectivity index (χ3n) is 2.49. The lowest BCUT2D eigenvalue weighted by Crippen LogP contribution is -2.29. The van der Waals surface area contributed by atoms with E-state index in [9.17, 15) is 14.0 Å². The van der Waals surface area contributed by atoms with Gasteiger partial charge >= 0.3 is 5.97 Å². The van der Waals surface area contributed by atoms with Gasteiger partial charge < -0.3 is 10.4 Å². The zero-order valence-electron chi connectivity index (χ0n) is 10.5. The molecule has 0 bridgehead atoms. The Kier molecular flexibility index (Phi) is 4.09. The summed E-state index contributed by atoms with van der Waals surface area (Å²) in [5.74, 6) is -1.93. The summed E-state index contributed by atoms with van der Waals surface area (Å²) in [6.45, 7) is 1.22. The van der Waals surface area contributed by atoms with Crippen LogP contribution in [0, 0.1) is 12.7 Å². The van der Waals surface area contributed by atoms with Crippen molar-refractivity contribution in [1.29, 1.82) is 0 Å². The Morgan fingerprint density at radius 2 is 2.00 bits per heavy atom. The summed E-state index contributed by atoms with van der Waals surface area (Å²) in [6.07, 6.45) is 0. The van der Waals surface area contributed by atoms with Crippen LogP contribution < -0.4 is 5.32 Å². The van der Waals surface area contributed by atoms with Gasteiger partial charge in [0, 0.05) is 5.56 Å². The number of carbonyl (C=O) groups is 2. The molecule has 0 aliphatic heterocycles. The number of carboxylic acid groups (broad SMARTS) is 1. The average molecular weight is 294 g/mol. The van der Waals surface area contributed by atoms with Crippen LogP contribution in [-0.4, -0.2) is 28.5 Å². The highest BCUT2D eigenvalue weighted by Crippen LogP contribution is 2.27. The molecule has 0 aliphatic carbocycles. The van der Waals surface area contributed by atoms with Crippen molar-refractivity contribution in [2.45, 2.75) is 6.92 Å². The first-order chi connectivity index (χ1) is 9.47. The fourth-order valence-corrected chi connectivity index (χ4v) is 2.55. The van der Waals surface area contributed by atoms with Crippen molar-refractivity contribution in [1.82, 2.24) is 10.3 Å². The Labute approximate surface area is 118 Å². The Hall–Kier alpha value is -2.28. The number of halogens is 1. The molecule has 1 aromatic heterocycles. The third kappa shape index (κ3) is 3.18. The number of hydrogen-bond donors (Lipinski definition) is 2. The normalized spacial score (nSPS) is 10.3. The summed E-state index contributed by atoms with van der Waals surface area (Å²) < 4.78 is 12.9. The van der Waals surface area contributed by atoms with Crippen molar-refractivity contribution in [2.24, 2.45) is 0 Å². The standard InChI is InChI=1S/C13H11FN2O3S/c1-7-11(12(19)15-6-10(17)18)20-13(16-7)8-2-4-9(14)5-3-8/h2-5H,6H2,1H3,(H,15,19)(H,17,18). The molecule has 7 heteroatoms. The number of amides is 1. The number of carboxylic acids is 1. The second-order valence-corrected chi connectivity index (χ2v) is 5.02. The van der Waals surface area contributed by atoms with Crippen LogP contribution in [0.5, 0.6) is 0 Å². The van der Waals surface area contributed by atoms with Gasteiger partial charge in [-0.2, -0.15) is 0 Å². The minimum Gasteiger partial charge on any atom is -0.480 e. The number of thiazole rings is 1. The number of aliphatic carboxylic acids is 1. The minimum absolute atomic E-state index is 0.346. The highest BCUT2D eigenvalue weighted by Gasteiger charge is 2.16. The predicted molar refractivity (Wildman–Crippen MR) is 72.2 cm³/mol. The van der Waals surface area contributed by atoms with Gasteiger partial charge in [0.05, 0.1) is 5.69 Å². The topological polar surface area (TPSA) is 79.3 Å². The quantitative estimate of drug-likeness (QED) is 0.904. The smallest absolute Gasteiger partial charge is 0.322 e. The summed E-state index contributed by atoms with van der Waals surface area (Å²) in [4.78, 5) is 26.8. The van der Waals surface area contributed by atoms with Gasteiger partial charge in [-0.1, -0.05) is 0 Å². The van der Waals surface area contributed by atoms with E-state index in [1.54, 1.807) is 19.1 Å². The number of rotatable bonds is 4. The maximum absolute atomic E-state index is 12.9. The summed E-state index contributed by atoms with van der Waals surface area (Å²) in [7, 11) is 0. The number of nitrogens with one attached hydrogen (secondary N) is 1. The molecular weight excluding hydrogens is 283 g/mol. The molecule has 2 N–H and O–H groups in total. The van der Waals surface area contributed by atoms with Crippen LogP contribution >= 0.6 is 11.3 Å². The molecule has 1 amide bonds. The molecule has 2 aromatic rings.